The zero-order valence-electron chi connectivity index (χ0n) is 11.0. The molecular weight excluding hydrogens is 230 g/mol. The summed E-state index contributed by atoms with van der Waals surface area (Å²) in [5.74, 6) is 1.28. The van der Waals surface area contributed by atoms with Gasteiger partial charge in [0, 0.05) is 44.2 Å². The van der Waals surface area contributed by atoms with E-state index in [2.05, 4.69) is 15.3 Å². The molecule has 0 aliphatic carbocycles. The van der Waals surface area contributed by atoms with Crippen LogP contribution in [0.3, 0.4) is 0 Å². The summed E-state index contributed by atoms with van der Waals surface area (Å²) < 4.78 is 5.36. The average molecular weight is 251 g/mol. The lowest BCUT2D eigenvalue weighted by atomic mass is 9.92. The Morgan fingerprint density at radius 3 is 3.00 bits per heavy atom. The maximum absolute atomic E-state index is 9.43. The van der Waals surface area contributed by atoms with Crippen LogP contribution in [0.5, 0.6) is 0 Å². The van der Waals surface area contributed by atoms with Crippen molar-refractivity contribution in [2.24, 2.45) is 11.8 Å². The highest BCUT2D eigenvalue weighted by Crippen LogP contribution is 2.22. The number of nitrogens with one attached hydrogen (secondary N) is 1. The van der Waals surface area contributed by atoms with Gasteiger partial charge >= 0.3 is 0 Å². The summed E-state index contributed by atoms with van der Waals surface area (Å²) in [5, 5.41) is 12.6. The average Bonchev–Trinajstić information content (AvgIpc) is 2.88. The van der Waals surface area contributed by atoms with Gasteiger partial charge in [-0.25, -0.2) is 9.97 Å². The van der Waals surface area contributed by atoms with Gasteiger partial charge in [-0.1, -0.05) is 0 Å². The molecule has 1 aliphatic heterocycles. The van der Waals surface area contributed by atoms with Gasteiger partial charge in [-0.2, -0.15) is 0 Å². The van der Waals surface area contributed by atoms with Crippen molar-refractivity contribution in [2.45, 2.75) is 20.3 Å². The van der Waals surface area contributed by atoms with Gasteiger partial charge in [0.15, 0.2) is 0 Å². The molecule has 0 saturated carbocycles. The first-order valence-corrected chi connectivity index (χ1v) is 6.43. The number of nitrogens with zero attached hydrogens (tertiary/aromatic N) is 2. The predicted octanol–water partition coefficient (Wildman–Crippen LogP) is 1.15. The Morgan fingerprint density at radius 2 is 2.39 bits per heavy atom. The van der Waals surface area contributed by atoms with Gasteiger partial charge in [-0.15, -0.1) is 0 Å². The second-order valence-electron chi connectivity index (χ2n) is 4.91. The lowest BCUT2D eigenvalue weighted by molar-refractivity contribution is 0.144. The topological polar surface area (TPSA) is 67.3 Å². The summed E-state index contributed by atoms with van der Waals surface area (Å²) in [7, 11) is 0. The Kier molecular flexibility index (Phi) is 4.49. The molecule has 0 spiro atoms. The molecule has 1 aromatic rings. The fraction of sp³-hybridized carbons (Fsp3) is 0.692. The van der Waals surface area contributed by atoms with Crippen LogP contribution in [0.1, 0.15) is 17.7 Å². The number of aryl methyl sites for hydroxylation is 2. The molecule has 2 atom stereocenters. The summed E-state index contributed by atoms with van der Waals surface area (Å²) in [4.78, 5) is 8.61. The lowest BCUT2D eigenvalue weighted by Gasteiger charge is -2.20. The van der Waals surface area contributed by atoms with Crippen LogP contribution in [0, 0.1) is 25.7 Å². The molecule has 2 rings (SSSR count). The smallest absolute Gasteiger partial charge is 0.222 e. The molecule has 1 fully saturated rings. The second-order valence-corrected chi connectivity index (χ2v) is 4.91. The summed E-state index contributed by atoms with van der Waals surface area (Å²) >= 11 is 0. The van der Waals surface area contributed by atoms with Crippen molar-refractivity contribution in [3.63, 3.8) is 0 Å². The molecule has 0 radical (unpaired) electrons. The van der Waals surface area contributed by atoms with Gasteiger partial charge in [-0.3, -0.25) is 0 Å². The van der Waals surface area contributed by atoms with Gasteiger partial charge in [0.25, 0.3) is 0 Å². The predicted molar refractivity (Wildman–Crippen MR) is 69.5 cm³/mol. The molecule has 2 N–H and O–H groups in total. The maximum Gasteiger partial charge on any atom is 0.222 e. The largest absolute Gasteiger partial charge is 0.396 e. The molecule has 2 unspecified atom stereocenters. The highest BCUT2D eigenvalue weighted by atomic mass is 16.5. The van der Waals surface area contributed by atoms with Crippen molar-refractivity contribution < 1.29 is 9.84 Å². The van der Waals surface area contributed by atoms with E-state index in [1.54, 1.807) is 0 Å². The third-order valence-corrected chi connectivity index (χ3v) is 3.61. The monoisotopic (exact) mass is 251 g/mol. The van der Waals surface area contributed by atoms with E-state index in [-0.39, 0.29) is 12.5 Å². The first-order chi connectivity index (χ1) is 8.70. The number of aliphatic hydroxyl groups excluding tert-OH is 1. The standard InChI is InChI=1S/C13H21N3O2/c1-9-5-14-13(16-10(9)2)15-6-12(7-17)11-3-4-18-8-11/h5,11-12,17H,3-4,6-8H2,1-2H3,(H,14,15,16). The van der Waals surface area contributed by atoms with E-state index in [4.69, 9.17) is 4.74 Å². The van der Waals surface area contributed by atoms with Crippen LogP contribution in [0.15, 0.2) is 6.20 Å². The first-order valence-electron chi connectivity index (χ1n) is 6.43. The van der Waals surface area contributed by atoms with Crippen molar-refractivity contribution in [3.05, 3.63) is 17.5 Å². The number of aromatic nitrogens is 2. The van der Waals surface area contributed by atoms with E-state index in [9.17, 15) is 5.11 Å². The molecule has 5 nitrogen and oxygen atoms in total. The van der Waals surface area contributed by atoms with Gasteiger partial charge in [0.2, 0.25) is 5.95 Å². The van der Waals surface area contributed by atoms with Crippen molar-refractivity contribution in [1.82, 2.24) is 9.97 Å². The number of anilines is 1. The Labute approximate surface area is 108 Å². The first kappa shape index (κ1) is 13.2. The minimum atomic E-state index is 0.172. The molecule has 0 bridgehead atoms. The van der Waals surface area contributed by atoms with E-state index in [0.29, 0.717) is 18.4 Å². The van der Waals surface area contributed by atoms with E-state index in [1.165, 1.54) is 0 Å². The van der Waals surface area contributed by atoms with Crippen LogP contribution in [0.2, 0.25) is 0 Å². The van der Waals surface area contributed by atoms with Gasteiger partial charge in [0.05, 0.1) is 0 Å². The number of hydrogen-bond donors (Lipinski definition) is 2. The van der Waals surface area contributed by atoms with E-state index >= 15 is 0 Å². The van der Waals surface area contributed by atoms with Crippen LogP contribution in [0.4, 0.5) is 5.95 Å². The summed E-state index contributed by atoms with van der Waals surface area (Å²) in [6, 6.07) is 0. The summed E-state index contributed by atoms with van der Waals surface area (Å²) in [5.41, 5.74) is 2.07. The number of rotatable bonds is 5. The highest BCUT2D eigenvalue weighted by molar-refractivity contribution is 5.28. The summed E-state index contributed by atoms with van der Waals surface area (Å²) in [6.07, 6.45) is 2.85. The summed E-state index contributed by atoms with van der Waals surface area (Å²) in [6.45, 7) is 6.38. The maximum atomic E-state index is 9.43. The van der Waals surface area contributed by atoms with Crippen molar-refractivity contribution >= 4 is 5.95 Å². The van der Waals surface area contributed by atoms with Crippen LogP contribution in [-0.4, -0.2) is 41.4 Å². The van der Waals surface area contributed by atoms with E-state index in [1.807, 2.05) is 20.0 Å². The fourth-order valence-corrected chi connectivity index (χ4v) is 2.14. The molecule has 5 heteroatoms. The normalized spacial score (nSPS) is 20.9. The van der Waals surface area contributed by atoms with Crippen LogP contribution in [-0.2, 0) is 4.74 Å². The Hall–Kier alpha value is -1.20. The molecule has 1 aliphatic rings. The Balaban J connectivity index is 1.90. The minimum Gasteiger partial charge on any atom is -0.396 e. The molecule has 100 valence electrons. The van der Waals surface area contributed by atoms with E-state index < -0.39 is 0 Å². The fourth-order valence-electron chi connectivity index (χ4n) is 2.14. The SMILES string of the molecule is Cc1cnc(NCC(CO)C2CCOC2)nc1C. The molecular formula is C13H21N3O2. The highest BCUT2D eigenvalue weighted by Gasteiger charge is 2.25. The zero-order valence-corrected chi connectivity index (χ0v) is 11.0. The number of aliphatic hydroxyl groups is 1. The minimum absolute atomic E-state index is 0.172. The molecule has 0 amide bonds. The van der Waals surface area contributed by atoms with Crippen LogP contribution < -0.4 is 5.32 Å². The second kappa shape index (κ2) is 6.11. The molecule has 1 aromatic heterocycles. The van der Waals surface area contributed by atoms with Crippen molar-refractivity contribution in [2.75, 3.05) is 31.7 Å². The molecule has 2 heterocycles. The van der Waals surface area contributed by atoms with Gasteiger partial charge < -0.3 is 15.2 Å². The Bertz CT molecular complexity index is 392. The molecule has 1 saturated heterocycles. The van der Waals surface area contributed by atoms with Crippen molar-refractivity contribution in [1.29, 1.82) is 0 Å². The van der Waals surface area contributed by atoms with Crippen molar-refractivity contribution in [3.8, 4) is 0 Å². The quantitative estimate of drug-likeness (QED) is 0.821. The molecule has 0 aromatic carbocycles. The zero-order chi connectivity index (χ0) is 13.0. The third kappa shape index (κ3) is 3.17. The van der Waals surface area contributed by atoms with Gasteiger partial charge in [-0.05, 0) is 31.7 Å². The van der Waals surface area contributed by atoms with E-state index in [0.717, 1.165) is 30.9 Å². The molecule has 18 heavy (non-hydrogen) atoms. The number of hydrogen-bond acceptors (Lipinski definition) is 5. The van der Waals surface area contributed by atoms with Crippen LogP contribution in [0.25, 0.3) is 0 Å². The van der Waals surface area contributed by atoms with Crippen LogP contribution >= 0.6 is 0 Å². The van der Waals surface area contributed by atoms with Gasteiger partial charge in [0.1, 0.15) is 0 Å². The Morgan fingerprint density at radius 1 is 1.56 bits per heavy atom. The lowest BCUT2D eigenvalue weighted by Crippen LogP contribution is -2.27. The number of ether oxygens (including phenoxy) is 1. The third-order valence-electron chi connectivity index (χ3n) is 3.61.